The van der Waals surface area contributed by atoms with Crippen molar-refractivity contribution in [3.63, 3.8) is 0 Å². The summed E-state index contributed by atoms with van der Waals surface area (Å²) in [6.45, 7) is 0. The van der Waals surface area contributed by atoms with E-state index in [0.29, 0.717) is 11.6 Å². The second kappa shape index (κ2) is 8.69. The van der Waals surface area contributed by atoms with Gasteiger partial charge in [-0.3, -0.25) is 4.79 Å². The summed E-state index contributed by atoms with van der Waals surface area (Å²) in [5.74, 6) is 1.50. The van der Waals surface area contributed by atoms with Gasteiger partial charge in [0.1, 0.15) is 5.75 Å². The molecule has 0 bridgehead atoms. The standard InChI is InChI=1S/C19H18N2O2S2/c1-23-16-9-7-14(8-10-16)11-18(22)21-19-20-15(13-25-19)12-24-17-5-3-2-4-6-17/h2-10,13H,11-12H2,1H3,(H,20,21,22). The summed E-state index contributed by atoms with van der Waals surface area (Å²) < 4.78 is 5.12. The van der Waals surface area contributed by atoms with Gasteiger partial charge >= 0.3 is 0 Å². The van der Waals surface area contributed by atoms with Gasteiger partial charge in [-0.1, -0.05) is 30.3 Å². The molecule has 0 aliphatic carbocycles. The van der Waals surface area contributed by atoms with Crippen LogP contribution in [-0.2, 0) is 17.0 Å². The molecule has 25 heavy (non-hydrogen) atoms. The first-order valence-electron chi connectivity index (χ1n) is 7.78. The Morgan fingerprint density at radius 2 is 1.92 bits per heavy atom. The zero-order valence-corrected chi connectivity index (χ0v) is 15.4. The van der Waals surface area contributed by atoms with E-state index in [1.165, 1.54) is 16.2 Å². The smallest absolute Gasteiger partial charge is 0.230 e. The molecular formula is C19H18N2O2S2. The molecule has 3 rings (SSSR count). The van der Waals surface area contributed by atoms with Gasteiger partial charge in [0.05, 0.1) is 19.2 Å². The van der Waals surface area contributed by atoms with E-state index in [1.807, 2.05) is 47.8 Å². The fourth-order valence-corrected chi connectivity index (χ4v) is 3.84. The number of nitrogens with one attached hydrogen (secondary N) is 1. The predicted octanol–water partition coefficient (Wildman–Crippen LogP) is 4.63. The maximum atomic E-state index is 12.1. The van der Waals surface area contributed by atoms with E-state index in [2.05, 4.69) is 22.4 Å². The summed E-state index contributed by atoms with van der Waals surface area (Å²) in [6.07, 6.45) is 0.317. The van der Waals surface area contributed by atoms with Crippen LogP contribution in [-0.4, -0.2) is 18.0 Å². The normalized spacial score (nSPS) is 10.4. The molecule has 4 nitrogen and oxygen atoms in total. The number of nitrogens with zero attached hydrogens (tertiary/aromatic N) is 1. The molecule has 0 spiro atoms. The highest BCUT2D eigenvalue weighted by Gasteiger charge is 2.08. The zero-order valence-electron chi connectivity index (χ0n) is 13.8. The molecular weight excluding hydrogens is 352 g/mol. The van der Waals surface area contributed by atoms with Crippen LogP contribution in [0.3, 0.4) is 0 Å². The summed E-state index contributed by atoms with van der Waals surface area (Å²) in [4.78, 5) is 17.8. The highest BCUT2D eigenvalue weighted by atomic mass is 32.2. The number of amides is 1. The number of anilines is 1. The summed E-state index contributed by atoms with van der Waals surface area (Å²) in [7, 11) is 1.62. The molecule has 0 saturated heterocycles. The molecule has 0 aliphatic rings. The number of ether oxygens (including phenoxy) is 1. The number of thioether (sulfide) groups is 1. The van der Waals surface area contributed by atoms with Crippen molar-refractivity contribution in [2.24, 2.45) is 0 Å². The number of hydrogen-bond donors (Lipinski definition) is 1. The Morgan fingerprint density at radius 3 is 2.64 bits per heavy atom. The highest BCUT2D eigenvalue weighted by Crippen LogP contribution is 2.25. The topological polar surface area (TPSA) is 51.2 Å². The van der Waals surface area contributed by atoms with Crippen LogP contribution in [0.25, 0.3) is 0 Å². The van der Waals surface area contributed by atoms with Crippen LogP contribution in [0.1, 0.15) is 11.3 Å². The second-order valence-electron chi connectivity index (χ2n) is 5.32. The van der Waals surface area contributed by atoms with Crippen molar-refractivity contribution in [1.29, 1.82) is 0 Å². The number of benzene rings is 2. The Hall–Kier alpha value is -2.31. The molecule has 1 heterocycles. The molecule has 1 N–H and O–H groups in total. The maximum absolute atomic E-state index is 12.1. The van der Waals surface area contributed by atoms with Crippen molar-refractivity contribution in [1.82, 2.24) is 4.98 Å². The molecule has 1 aromatic heterocycles. The zero-order chi connectivity index (χ0) is 17.5. The minimum atomic E-state index is -0.0678. The van der Waals surface area contributed by atoms with Crippen LogP contribution in [0.2, 0.25) is 0 Å². The average molecular weight is 370 g/mol. The molecule has 0 unspecified atom stereocenters. The molecule has 0 fully saturated rings. The highest BCUT2D eigenvalue weighted by molar-refractivity contribution is 7.98. The number of carbonyl (C=O) groups excluding carboxylic acids is 1. The van der Waals surface area contributed by atoms with Gasteiger partial charge in [-0.15, -0.1) is 23.1 Å². The largest absolute Gasteiger partial charge is 0.497 e. The lowest BCUT2D eigenvalue weighted by atomic mass is 10.1. The number of carbonyl (C=O) groups is 1. The summed E-state index contributed by atoms with van der Waals surface area (Å²) >= 11 is 3.18. The lowest BCUT2D eigenvalue weighted by Crippen LogP contribution is -2.14. The molecule has 1 amide bonds. The van der Waals surface area contributed by atoms with Crippen molar-refractivity contribution in [2.45, 2.75) is 17.1 Å². The second-order valence-corrected chi connectivity index (χ2v) is 7.23. The van der Waals surface area contributed by atoms with Crippen molar-refractivity contribution < 1.29 is 9.53 Å². The third-order valence-corrected chi connectivity index (χ3v) is 5.30. The summed E-state index contributed by atoms with van der Waals surface area (Å²) in [5, 5.41) is 5.49. The van der Waals surface area contributed by atoms with Gasteiger partial charge in [-0.2, -0.15) is 0 Å². The van der Waals surface area contributed by atoms with Crippen LogP contribution in [0.4, 0.5) is 5.13 Å². The number of hydrogen-bond acceptors (Lipinski definition) is 5. The Kier molecular flexibility index (Phi) is 6.09. The van der Waals surface area contributed by atoms with Crippen molar-refractivity contribution >= 4 is 34.1 Å². The fraction of sp³-hybridized carbons (Fsp3) is 0.158. The lowest BCUT2D eigenvalue weighted by molar-refractivity contribution is -0.115. The minimum absolute atomic E-state index is 0.0678. The van der Waals surface area contributed by atoms with Crippen molar-refractivity contribution in [2.75, 3.05) is 12.4 Å². The predicted molar refractivity (Wildman–Crippen MR) is 103 cm³/mol. The number of methoxy groups -OCH3 is 1. The Bertz CT molecular complexity index is 817. The molecule has 3 aromatic rings. The molecule has 6 heteroatoms. The Morgan fingerprint density at radius 1 is 1.16 bits per heavy atom. The van der Waals surface area contributed by atoms with Crippen LogP contribution in [0.15, 0.2) is 64.9 Å². The maximum Gasteiger partial charge on any atom is 0.230 e. The van der Waals surface area contributed by atoms with Gasteiger partial charge in [0.2, 0.25) is 5.91 Å². The van der Waals surface area contributed by atoms with Gasteiger partial charge < -0.3 is 10.1 Å². The first-order chi connectivity index (χ1) is 12.2. The summed E-state index contributed by atoms with van der Waals surface area (Å²) in [6, 6.07) is 17.7. The van der Waals surface area contributed by atoms with E-state index in [0.717, 1.165) is 22.8 Å². The minimum Gasteiger partial charge on any atom is -0.497 e. The van der Waals surface area contributed by atoms with Gasteiger partial charge in [0.15, 0.2) is 5.13 Å². The number of thiazole rings is 1. The van der Waals surface area contributed by atoms with E-state index in [-0.39, 0.29) is 5.91 Å². The van der Waals surface area contributed by atoms with Gasteiger partial charge in [0.25, 0.3) is 0 Å². The molecule has 0 atom stereocenters. The van der Waals surface area contributed by atoms with E-state index >= 15 is 0 Å². The van der Waals surface area contributed by atoms with E-state index < -0.39 is 0 Å². The SMILES string of the molecule is COc1ccc(CC(=O)Nc2nc(CSc3ccccc3)cs2)cc1. The molecule has 128 valence electrons. The summed E-state index contributed by atoms with van der Waals surface area (Å²) in [5.41, 5.74) is 1.91. The van der Waals surface area contributed by atoms with E-state index in [4.69, 9.17) is 4.74 Å². The molecule has 0 saturated carbocycles. The van der Waals surface area contributed by atoms with Crippen LogP contribution in [0.5, 0.6) is 5.75 Å². The molecule has 2 aromatic carbocycles. The van der Waals surface area contributed by atoms with Crippen LogP contribution in [0, 0.1) is 0 Å². The van der Waals surface area contributed by atoms with Gasteiger partial charge in [-0.05, 0) is 29.8 Å². The average Bonchev–Trinajstić information content (AvgIpc) is 3.08. The first-order valence-corrected chi connectivity index (χ1v) is 9.64. The number of aromatic nitrogens is 1. The Labute approximate surface area is 155 Å². The van der Waals surface area contributed by atoms with Crippen LogP contribution >= 0.6 is 23.1 Å². The number of rotatable bonds is 7. The Balaban J connectivity index is 1.50. The quantitative estimate of drug-likeness (QED) is 0.616. The van der Waals surface area contributed by atoms with E-state index in [1.54, 1.807) is 18.9 Å². The van der Waals surface area contributed by atoms with Gasteiger partial charge in [0, 0.05) is 16.0 Å². The third-order valence-electron chi connectivity index (χ3n) is 3.45. The van der Waals surface area contributed by atoms with Gasteiger partial charge in [-0.25, -0.2) is 4.98 Å². The lowest BCUT2D eigenvalue weighted by Gasteiger charge is -2.04. The third kappa shape index (κ3) is 5.34. The first kappa shape index (κ1) is 17.5. The van der Waals surface area contributed by atoms with Crippen molar-refractivity contribution in [3.8, 4) is 5.75 Å². The molecule has 0 aliphatic heterocycles. The monoisotopic (exact) mass is 370 g/mol. The van der Waals surface area contributed by atoms with E-state index in [9.17, 15) is 4.79 Å². The van der Waals surface area contributed by atoms with Crippen LogP contribution < -0.4 is 10.1 Å². The molecule has 0 radical (unpaired) electrons. The van der Waals surface area contributed by atoms with Crippen molar-refractivity contribution in [3.05, 3.63) is 71.2 Å². The fourth-order valence-electron chi connectivity index (χ4n) is 2.20.